The number of nitrogens with one attached hydrogen (secondary N) is 1. The lowest BCUT2D eigenvalue weighted by atomic mass is 10.0. The fourth-order valence-corrected chi connectivity index (χ4v) is 3.95. The van der Waals surface area contributed by atoms with Gasteiger partial charge in [-0.25, -0.2) is 14.0 Å². The van der Waals surface area contributed by atoms with E-state index in [-0.39, 0.29) is 30.1 Å². The van der Waals surface area contributed by atoms with Crippen LogP contribution in [-0.4, -0.2) is 58.2 Å². The number of anilines is 1. The molecule has 9 nitrogen and oxygen atoms in total. The highest BCUT2D eigenvalue weighted by molar-refractivity contribution is 5.95. The van der Waals surface area contributed by atoms with Crippen LogP contribution in [0, 0.1) is 18.3 Å². The van der Waals surface area contributed by atoms with Gasteiger partial charge in [0.2, 0.25) is 5.69 Å². The lowest BCUT2D eigenvalue weighted by Crippen LogP contribution is -2.39. The average molecular weight is 411 g/mol. The van der Waals surface area contributed by atoms with Crippen LogP contribution < -0.4 is 11.1 Å². The summed E-state index contributed by atoms with van der Waals surface area (Å²) in [6, 6.07) is 3.48. The van der Waals surface area contributed by atoms with Gasteiger partial charge in [0.15, 0.2) is 0 Å². The second-order valence-electron chi connectivity index (χ2n) is 7.62. The normalized spacial score (nSPS) is 18.3. The number of urea groups is 1. The van der Waals surface area contributed by atoms with E-state index >= 15 is 0 Å². The fraction of sp³-hybridized carbons (Fsp3) is 0.400. The molecule has 3 heterocycles. The van der Waals surface area contributed by atoms with Crippen molar-refractivity contribution in [2.45, 2.75) is 19.5 Å². The van der Waals surface area contributed by atoms with E-state index in [9.17, 15) is 14.0 Å². The number of nitrogens with two attached hydrogens (primary N) is 1. The molecule has 0 bridgehead atoms. The van der Waals surface area contributed by atoms with E-state index in [0.717, 1.165) is 17.3 Å². The summed E-state index contributed by atoms with van der Waals surface area (Å²) in [6.45, 7) is 9.28. The van der Waals surface area contributed by atoms with Crippen LogP contribution >= 0.6 is 0 Å². The van der Waals surface area contributed by atoms with Gasteiger partial charge in [0.05, 0.1) is 18.8 Å². The number of benzene rings is 1. The van der Waals surface area contributed by atoms with Gasteiger partial charge in [-0.1, -0.05) is 0 Å². The molecular formula is C20H22FN7O2. The molecule has 0 fully saturated rings. The standard InChI is InChI=1S/C20H22FN7O2/c1-23-17-7-13(3-4-15(17)21)24-20(30)27-6-5-16-14(11-27)18-19(29)26(2)9-12(8-22)10-28(18)25-16/h3-4,7,12H,5-6,8-11,22H2,2H3,(H,24,30). The Balaban J connectivity index is 1.57. The molecule has 1 atom stereocenters. The van der Waals surface area contributed by atoms with Crippen molar-refractivity contribution >= 4 is 23.3 Å². The number of nitrogens with zero attached hydrogens (tertiary/aromatic N) is 5. The van der Waals surface area contributed by atoms with Crippen LogP contribution in [0.4, 0.5) is 20.6 Å². The molecule has 0 saturated carbocycles. The van der Waals surface area contributed by atoms with Gasteiger partial charge in [-0.2, -0.15) is 5.10 Å². The molecule has 156 valence electrons. The fourth-order valence-electron chi connectivity index (χ4n) is 3.95. The highest BCUT2D eigenvalue weighted by atomic mass is 19.1. The van der Waals surface area contributed by atoms with Gasteiger partial charge >= 0.3 is 6.03 Å². The Hall–Kier alpha value is -3.45. The van der Waals surface area contributed by atoms with Crippen LogP contribution in [0.5, 0.6) is 0 Å². The number of rotatable bonds is 2. The number of hydrogen-bond acceptors (Lipinski definition) is 4. The van der Waals surface area contributed by atoms with Gasteiger partial charge < -0.3 is 20.9 Å². The van der Waals surface area contributed by atoms with Crippen LogP contribution in [0.1, 0.15) is 21.7 Å². The largest absolute Gasteiger partial charge is 0.340 e. The topological polar surface area (TPSA) is 101 Å². The molecule has 2 aromatic rings. The first-order valence-corrected chi connectivity index (χ1v) is 9.68. The monoisotopic (exact) mass is 411 g/mol. The van der Waals surface area contributed by atoms with Gasteiger partial charge in [0.25, 0.3) is 5.91 Å². The molecule has 4 rings (SSSR count). The number of aromatic nitrogens is 2. The average Bonchev–Trinajstić information content (AvgIpc) is 3.04. The molecule has 1 aromatic heterocycles. The van der Waals surface area contributed by atoms with Gasteiger partial charge in [-0.15, -0.1) is 0 Å². The highest BCUT2D eigenvalue weighted by Gasteiger charge is 2.34. The van der Waals surface area contributed by atoms with Gasteiger partial charge in [0, 0.05) is 50.3 Å². The van der Waals surface area contributed by atoms with Crippen LogP contribution in [0.25, 0.3) is 4.85 Å². The molecule has 3 N–H and O–H groups in total. The number of carbonyl (C=O) groups is 2. The summed E-state index contributed by atoms with van der Waals surface area (Å²) < 4.78 is 15.3. The molecule has 1 unspecified atom stereocenters. The second kappa shape index (κ2) is 7.76. The van der Waals surface area contributed by atoms with Crippen molar-refractivity contribution in [1.82, 2.24) is 19.6 Å². The van der Waals surface area contributed by atoms with E-state index in [1.165, 1.54) is 12.1 Å². The minimum atomic E-state index is -0.633. The predicted octanol–water partition coefficient (Wildman–Crippen LogP) is 1.82. The first-order chi connectivity index (χ1) is 14.4. The van der Waals surface area contributed by atoms with Crippen molar-refractivity contribution in [2.24, 2.45) is 11.7 Å². The summed E-state index contributed by atoms with van der Waals surface area (Å²) in [5.41, 5.74) is 8.12. The summed E-state index contributed by atoms with van der Waals surface area (Å²) >= 11 is 0. The Morgan fingerprint density at radius 1 is 1.43 bits per heavy atom. The van der Waals surface area contributed by atoms with E-state index in [2.05, 4.69) is 15.3 Å². The minimum Gasteiger partial charge on any atom is -0.340 e. The van der Waals surface area contributed by atoms with Crippen LogP contribution in [0.15, 0.2) is 18.2 Å². The molecule has 0 saturated heterocycles. The summed E-state index contributed by atoms with van der Waals surface area (Å²) in [5.74, 6) is -0.634. The predicted molar refractivity (Wildman–Crippen MR) is 108 cm³/mol. The van der Waals surface area contributed by atoms with Crippen LogP contribution in [0.2, 0.25) is 0 Å². The molecule has 30 heavy (non-hydrogen) atoms. The van der Waals surface area contributed by atoms with E-state index in [1.54, 1.807) is 21.5 Å². The third-order valence-corrected chi connectivity index (χ3v) is 5.55. The van der Waals surface area contributed by atoms with Crippen molar-refractivity contribution in [3.8, 4) is 0 Å². The second-order valence-corrected chi connectivity index (χ2v) is 7.62. The minimum absolute atomic E-state index is 0.121. The lowest BCUT2D eigenvalue weighted by Gasteiger charge is -2.27. The van der Waals surface area contributed by atoms with E-state index < -0.39 is 5.82 Å². The Bertz CT molecular complexity index is 1060. The molecular weight excluding hydrogens is 389 g/mol. The Labute approximate surface area is 173 Å². The number of carbonyl (C=O) groups excluding carboxylic acids is 2. The molecule has 2 aliphatic heterocycles. The molecule has 3 amide bonds. The zero-order valence-electron chi connectivity index (χ0n) is 16.6. The molecule has 0 aliphatic carbocycles. The molecule has 2 aliphatic rings. The van der Waals surface area contributed by atoms with Gasteiger partial charge in [-0.3, -0.25) is 9.48 Å². The van der Waals surface area contributed by atoms with Crippen LogP contribution in [0.3, 0.4) is 0 Å². The number of halogens is 1. The quantitative estimate of drug-likeness (QED) is 0.736. The van der Waals surface area contributed by atoms with Crippen molar-refractivity contribution in [2.75, 3.05) is 32.0 Å². The zero-order chi connectivity index (χ0) is 21.4. The Kier molecular flexibility index (Phi) is 5.13. The molecule has 0 spiro atoms. The molecule has 1 aromatic carbocycles. The Morgan fingerprint density at radius 3 is 2.97 bits per heavy atom. The summed E-state index contributed by atoms with van der Waals surface area (Å²) in [4.78, 5) is 32.1. The Morgan fingerprint density at radius 2 is 2.23 bits per heavy atom. The number of fused-ring (bicyclic) bond motifs is 3. The zero-order valence-corrected chi connectivity index (χ0v) is 16.6. The van der Waals surface area contributed by atoms with E-state index in [1.807, 2.05) is 0 Å². The van der Waals surface area contributed by atoms with Crippen molar-refractivity contribution < 1.29 is 14.0 Å². The van der Waals surface area contributed by atoms with Crippen LogP contribution in [-0.2, 0) is 19.5 Å². The highest BCUT2D eigenvalue weighted by Crippen LogP contribution is 2.27. The summed E-state index contributed by atoms with van der Waals surface area (Å²) in [7, 11) is 1.75. The first kappa shape index (κ1) is 19.8. The summed E-state index contributed by atoms with van der Waals surface area (Å²) in [5, 5.41) is 7.33. The van der Waals surface area contributed by atoms with Crippen molar-refractivity contribution in [1.29, 1.82) is 0 Å². The molecule has 10 heteroatoms. The maximum Gasteiger partial charge on any atom is 0.322 e. The molecule has 0 radical (unpaired) electrons. The lowest BCUT2D eigenvalue weighted by molar-refractivity contribution is 0.0780. The number of hydrogen-bond donors (Lipinski definition) is 2. The third kappa shape index (κ3) is 3.48. The van der Waals surface area contributed by atoms with E-state index in [0.29, 0.717) is 44.0 Å². The van der Waals surface area contributed by atoms with Gasteiger partial charge in [0.1, 0.15) is 11.5 Å². The summed E-state index contributed by atoms with van der Waals surface area (Å²) in [6.07, 6.45) is 0.532. The first-order valence-electron chi connectivity index (χ1n) is 9.68. The SMILES string of the molecule is [C-]#[N+]c1cc(NC(=O)N2CCc3nn4c(c3C2)C(=O)N(C)CC(CN)C4)ccc1F. The number of amides is 3. The maximum atomic E-state index is 13.5. The van der Waals surface area contributed by atoms with Gasteiger partial charge in [-0.05, 0) is 24.7 Å². The third-order valence-electron chi connectivity index (χ3n) is 5.55. The maximum absolute atomic E-state index is 13.5. The van der Waals surface area contributed by atoms with E-state index in [4.69, 9.17) is 12.3 Å². The smallest absolute Gasteiger partial charge is 0.322 e. The van der Waals surface area contributed by atoms with Crippen molar-refractivity contribution in [3.63, 3.8) is 0 Å². The van der Waals surface area contributed by atoms with Crippen molar-refractivity contribution in [3.05, 3.63) is 52.4 Å².